The van der Waals surface area contributed by atoms with Crippen LogP contribution < -0.4 is 19.5 Å². The standard InChI is InChI=1S/C25H28N2O4/c1-18(2)11-13-30-23-10-9-20(14-24(23)29-3)25(28)27-21-7-4-8-22(15-21)31-17-19-6-5-12-26-16-19/h4-10,12,14-16,18H,11,13,17H2,1-3H3,(H,27,28). The molecule has 0 bridgehead atoms. The first kappa shape index (κ1) is 22.2. The maximum atomic E-state index is 12.7. The van der Waals surface area contributed by atoms with E-state index in [0.29, 0.717) is 47.6 Å². The average Bonchev–Trinajstić information content (AvgIpc) is 2.78. The number of amides is 1. The van der Waals surface area contributed by atoms with E-state index in [1.807, 2.05) is 30.3 Å². The Kier molecular flexibility index (Phi) is 7.87. The molecule has 1 aromatic heterocycles. The Labute approximate surface area is 183 Å². The fourth-order valence-corrected chi connectivity index (χ4v) is 2.85. The zero-order chi connectivity index (χ0) is 22.1. The van der Waals surface area contributed by atoms with E-state index in [2.05, 4.69) is 24.1 Å². The molecule has 2 aromatic carbocycles. The van der Waals surface area contributed by atoms with Gasteiger partial charge in [0, 0.05) is 35.3 Å². The van der Waals surface area contributed by atoms with E-state index < -0.39 is 0 Å². The number of carbonyl (C=O) groups excluding carboxylic acids is 1. The number of nitrogens with zero attached hydrogens (tertiary/aromatic N) is 1. The summed E-state index contributed by atoms with van der Waals surface area (Å²) in [5.74, 6) is 2.14. The smallest absolute Gasteiger partial charge is 0.255 e. The van der Waals surface area contributed by atoms with Crippen LogP contribution in [0.2, 0.25) is 0 Å². The highest BCUT2D eigenvalue weighted by Crippen LogP contribution is 2.29. The number of hydrogen-bond acceptors (Lipinski definition) is 5. The second-order valence-corrected chi connectivity index (χ2v) is 7.53. The lowest BCUT2D eigenvalue weighted by atomic mass is 10.1. The monoisotopic (exact) mass is 420 g/mol. The van der Waals surface area contributed by atoms with Crippen LogP contribution in [0.5, 0.6) is 17.2 Å². The molecule has 0 atom stereocenters. The third-order valence-corrected chi connectivity index (χ3v) is 4.60. The van der Waals surface area contributed by atoms with Gasteiger partial charge in [-0.1, -0.05) is 26.0 Å². The summed E-state index contributed by atoms with van der Waals surface area (Å²) in [6, 6.07) is 16.3. The molecule has 6 nitrogen and oxygen atoms in total. The molecule has 3 rings (SSSR count). The minimum atomic E-state index is -0.239. The van der Waals surface area contributed by atoms with Gasteiger partial charge in [0.25, 0.3) is 5.91 Å². The third kappa shape index (κ3) is 6.74. The minimum absolute atomic E-state index is 0.239. The number of methoxy groups -OCH3 is 1. The number of hydrogen-bond donors (Lipinski definition) is 1. The summed E-state index contributed by atoms with van der Waals surface area (Å²) in [5, 5.41) is 2.90. The van der Waals surface area contributed by atoms with E-state index in [0.717, 1.165) is 12.0 Å². The van der Waals surface area contributed by atoms with Gasteiger partial charge in [-0.2, -0.15) is 0 Å². The Balaban J connectivity index is 1.62. The Morgan fingerprint density at radius 3 is 2.65 bits per heavy atom. The molecule has 0 unspecified atom stereocenters. The summed E-state index contributed by atoms with van der Waals surface area (Å²) in [4.78, 5) is 16.8. The molecule has 0 radical (unpaired) electrons. The molecule has 3 aromatic rings. The minimum Gasteiger partial charge on any atom is -0.493 e. The molecule has 6 heteroatoms. The molecule has 162 valence electrons. The van der Waals surface area contributed by atoms with Gasteiger partial charge >= 0.3 is 0 Å². The normalized spacial score (nSPS) is 10.6. The lowest BCUT2D eigenvalue weighted by Gasteiger charge is -2.13. The topological polar surface area (TPSA) is 69.7 Å². The predicted octanol–water partition coefficient (Wildman–Crippen LogP) is 5.35. The van der Waals surface area contributed by atoms with E-state index in [-0.39, 0.29) is 5.91 Å². The molecule has 0 fully saturated rings. The summed E-state index contributed by atoms with van der Waals surface area (Å²) in [6.45, 7) is 5.30. The summed E-state index contributed by atoms with van der Waals surface area (Å²) >= 11 is 0. The average molecular weight is 421 g/mol. The number of benzene rings is 2. The van der Waals surface area contributed by atoms with E-state index in [9.17, 15) is 4.79 Å². The molecule has 1 heterocycles. The second-order valence-electron chi connectivity index (χ2n) is 7.53. The first-order chi connectivity index (χ1) is 15.0. The lowest BCUT2D eigenvalue weighted by Crippen LogP contribution is -2.12. The van der Waals surface area contributed by atoms with Crippen LogP contribution in [-0.2, 0) is 6.61 Å². The number of ether oxygens (including phenoxy) is 3. The van der Waals surface area contributed by atoms with Crippen molar-refractivity contribution in [2.75, 3.05) is 19.0 Å². The molecule has 0 aliphatic carbocycles. The first-order valence-corrected chi connectivity index (χ1v) is 10.3. The van der Waals surface area contributed by atoms with Crippen molar-refractivity contribution >= 4 is 11.6 Å². The molecular weight excluding hydrogens is 392 g/mol. The molecule has 1 N–H and O–H groups in total. The Morgan fingerprint density at radius 1 is 1.03 bits per heavy atom. The first-order valence-electron chi connectivity index (χ1n) is 10.3. The van der Waals surface area contributed by atoms with Crippen LogP contribution in [0, 0.1) is 5.92 Å². The van der Waals surface area contributed by atoms with Crippen molar-refractivity contribution in [1.82, 2.24) is 4.98 Å². The molecular formula is C25H28N2O4. The maximum Gasteiger partial charge on any atom is 0.255 e. The second kappa shape index (κ2) is 11.0. The number of nitrogens with one attached hydrogen (secondary N) is 1. The van der Waals surface area contributed by atoms with Gasteiger partial charge in [0.15, 0.2) is 11.5 Å². The molecule has 0 aliphatic heterocycles. The van der Waals surface area contributed by atoms with Crippen molar-refractivity contribution in [2.24, 2.45) is 5.92 Å². The molecule has 0 aliphatic rings. The van der Waals surface area contributed by atoms with Gasteiger partial charge in [0.05, 0.1) is 13.7 Å². The van der Waals surface area contributed by atoms with E-state index in [1.54, 1.807) is 43.8 Å². The van der Waals surface area contributed by atoms with Crippen LogP contribution in [0.3, 0.4) is 0 Å². The zero-order valence-electron chi connectivity index (χ0n) is 18.1. The molecule has 0 spiro atoms. The Morgan fingerprint density at radius 2 is 1.90 bits per heavy atom. The highest BCUT2D eigenvalue weighted by molar-refractivity contribution is 6.04. The number of anilines is 1. The van der Waals surface area contributed by atoms with Crippen LogP contribution in [0.15, 0.2) is 67.0 Å². The van der Waals surface area contributed by atoms with Crippen LogP contribution >= 0.6 is 0 Å². The molecule has 1 amide bonds. The van der Waals surface area contributed by atoms with E-state index in [4.69, 9.17) is 14.2 Å². The lowest BCUT2D eigenvalue weighted by molar-refractivity contribution is 0.102. The van der Waals surface area contributed by atoms with E-state index >= 15 is 0 Å². The molecule has 31 heavy (non-hydrogen) atoms. The van der Waals surface area contributed by atoms with Gasteiger partial charge < -0.3 is 19.5 Å². The SMILES string of the molecule is COc1cc(C(=O)Nc2cccc(OCc3cccnc3)c2)ccc1OCCC(C)C. The summed E-state index contributed by atoms with van der Waals surface area (Å²) in [5.41, 5.74) is 2.10. The highest BCUT2D eigenvalue weighted by Gasteiger charge is 2.12. The number of pyridine rings is 1. The Bertz CT molecular complexity index is 990. The van der Waals surface area contributed by atoms with Crippen molar-refractivity contribution in [2.45, 2.75) is 26.9 Å². The van der Waals surface area contributed by atoms with Gasteiger partial charge in [-0.25, -0.2) is 0 Å². The van der Waals surface area contributed by atoms with Gasteiger partial charge in [0.1, 0.15) is 12.4 Å². The predicted molar refractivity (Wildman–Crippen MR) is 121 cm³/mol. The van der Waals surface area contributed by atoms with Crippen LogP contribution in [0.25, 0.3) is 0 Å². The molecule has 0 saturated carbocycles. The van der Waals surface area contributed by atoms with Crippen molar-refractivity contribution in [3.05, 3.63) is 78.1 Å². The van der Waals surface area contributed by atoms with Crippen LogP contribution in [0.4, 0.5) is 5.69 Å². The quantitative estimate of drug-likeness (QED) is 0.479. The van der Waals surface area contributed by atoms with Crippen LogP contribution in [0.1, 0.15) is 36.2 Å². The van der Waals surface area contributed by atoms with Gasteiger partial charge in [-0.05, 0) is 48.7 Å². The fourth-order valence-electron chi connectivity index (χ4n) is 2.85. The Hall–Kier alpha value is -3.54. The number of carbonyl (C=O) groups is 1. The summed E-state index contributed by atoms with van der Waals surface area (Å²) in [7, 11) is 1.56. The number of aromatic nitrogens is 1. The third-order valence-electron chi connectivity index (χ3n) is 4.60. The highest BCUT2D eigenvalue weighted by atomic mass is 16.5. The maximum absolute atomic E-state index is 12.7. The zero-order valence-corrected chi connectivity index (χ0v) is 18.1. The van der Waals surface area contributed by atoms with Crippen molar-refractivity contribution in [1.29, 1.82) is 0 Å². The van der Waals surface area contributed by atoms with Gasteiger partial charge in [0.2, 0.25) is 0 Å². The van der Waals surface area contributed by atoms with Gasteiger partial charge in [-0.3, -0.25) is 9.78 Å². The largest absolute Gasteiger partial charge is 0.493 e. The van der Waals surface area contributed by atoms with Gasteiger partial charge in [-0.15, -0.1) is 0 Å². The molecule has 0 saturated heterocycles. The van der Waals surface area contributed by atoms with Crippen LogP contribution in [-0.4, -0.2) is 24.6 Å². The van der Waals surface area contributed by atoms with Crippen molar-refractivity contribution in [3.63, 3.8) is 0 Å². The number of rotatable bonds is 10. The van der Waals surface area contributed by atoms with Crippen molar-refractivity contribution in [3.8, 4) is 17.2 Å². The summed E-state index contributed by atoms with van der Waals surface area (Å²) < 4.78 is 17.0. The van der Waals surface area contributed by atoms with Crippen molar-refractivity contribution < 1.29 is 19.0 Å². The fraction of sp³-hybridized carbons (Fsp3) is 0.280. The van der Waals surface area contributed by atoms with E-state index in [1.165, 1.54) is 0 Å². The summed E-state index contributed by atoms with van der Waals surface area (Å²) in [6.07, 6.45) is 4.43.